The Kier molecular flexibility index (Phi) is 2.24. The molecule has 0 heterocycles. The van der Waals surface area contributed by atoms with Crippen molar-refractivity contribution in [3.05, 3.63) is 11.6 Å². The maximum Gasteiger partial charge on any atom is 0.165 e. The van der Waals surface area contributed by atoms with E-state index in [1.54, 1.807) is 0 Å². The van der Waals surface area contributed by atoms with Gasteiger partial charge in [-0.05, 0) is 24.7 Å². The zero-order chi connectivity index (χ0) is 13.3. The van der Waals surface area contributed by atoms with E-state index in [1.165, 1.54) is 5.57 Å². The normalized spacial score (nSPS) is 54.5. The van der Waals surface area contributed by atoms with E-state index in [9.17, 15) is 15.0 Å². The summed E-state index contributed by atoms with van der Waals surface area (Å²) in [6.07, 6.45) is 4.14. The molecule has 0 aromatic rings. The van der Waals surface area contributed by atoms with Crippen LogP contribution in [0.5, 0.6) is 0 Å². The van der Waals surface area contributed by atoms with Crippen molar-refractivity contribution in [2.75, 3.05) is 6.61 Å². The minimum absolute atomic E-state index is 0.0796. The maximum atomic E-state index is 12.3. The molecule has 3 aliphatic rings. The van der Waals surface area contributed by atoms with Crippen LogP contribution in [-0.2, 0) is 4.79 Å². The number of hydrogen-bond acceptors (Lipinski definition) is 3. The van der Waals surface area contributed by atoms with Crippen LogP contribution in [0.15, 0.2) is 11.6 Å². The lowest BCUT2D eigenvalue weighted by Gasteiger charge is -2.54. The number of carbonyl (C=O) groups is 1. The van der Waals surface area contributed by atoms with Crippen LogP contribution in [0.4, 0.5) is 0 Å². The number of aliphatic hydroxyl groups is 2. The summed E-state index contributed by atoms with van der Waals surface area (Å²) in [6.45, 7) is 5.98. The lowest BCUT2D eigenvalue weighted by molar-refractivity contribution is -0.162. The molecule has 2 N–H and O–H groups in total. The minimum atomic E-state index is -1.34. The fourth-order valence-electron chi connectivity index (χ4n) is 4.69. The quantitative estimate of drug-likeness (QED) is 0.696. The highest BCUT2D eigenvalue weighted by molar-refractivity contribution is 5.93. The van der Waals surface area contributed by atoms with Gasteiger partial charge in [-0.1, -0.05) is 32.4 Å². The number of hydrogen-bond donors (Lipinski definition) is 2. The number of ketones is 1. The number of rotatable bonds is 1. The van der Waals surface area contributed by atoms with Crippen LogP contribution in [0.3, 0.4) is 0 Å². The molecule has 0 saturated heterocycles. The second-order valence-corrected chi connectivity index (χ2v) is 6.97. The molecule has 0 aromatic heterocycles. The molecule has 0 unspecified atom stereocenters. The Balaban J connectivity index is 2.20. The largest absolute Gasteiger partial charge is 0.396 e. The van der Waals surface area contributed by atoms with E-state index < -0.39 is 11.0 Å². The van der Waals surface area contributed by atoms with Gasteiger partial charge in [0.25, 0.3) is 0 Å². The van der Waals surface area contributed by atoms with Crippen molar-refractivity contribution in [2.45, 2.75) is 45.6 Å². The Labute approximate surface area is 108 Å². The fraction of sp³-hybridized carbons (Fsp3) is 0.800. The molecule has 0 aromatic carbocycles. The van der Waals surface area contributed by atoms with E-state index in [-0.39, 0.29) is 17.8 Å². The monoisotopic (exact) mass is 250 g/mol. The topological polar surface area (TPSA) is 57.5 Å². The van der Waals surface area contributed by atoms with Crippen molar-refractivity contribution in [2.24, 2.45) is 22.7 Å². The van der Waals surface area contributed by atoms with Gasteiger partial charge in [-0.3, -0.25) is 4.79 Å². The van der Waals surface area contributed by atoms with Crippen molar-refractivity contribution < 1.29 is 15.0 Å². The van der Waals surface area contributed by atoms with Crippen LogP contribution < -0.4 is 0 Å². The zero-order valence-corrected chi connectivity index (χ0v) is 11.4. The molecule has 0 radical (unpaired) electrons. The van der Waals surface area contributed by atoms with E-state index in [1.807, 2.05) is 6.92 Å². The Bertz CT molecular complexity index is 455. The van der Waals surface area contributed by atoms with E-state index >= 15 is 0 Å². The van der Waals surface area contributed by atoms with E-state index in [4.69, 9.17) is 0 Å². The highest BCUT2D eigenvalue weighted by Gasteiger charge is 2.72. The maximum absolute atomic E-state index is 12.3. The third kappa shape index (κ3) is 1.03. The lowest BCUT2D eigenvalue weighted by Crippen LogP contribution is -2.59. The first kappa shape index (κ1) is 12.4. The first-order valence-electron chi connectivity index (χ1n) is 6.87. The van der Waals surface area contributed by atoms with E-state index in [2.05, 4.69) is 19.9 Å². The highest BCUT2D eigenvalue weighted by atomic mass is 16.3. The number of aliphatic hydroxyl groups excluding tert-OH is 1. The summed E-state index contributed by atoms with van der Waals surface area (Å²) in [6, 6.07) is 0. The first-order valence-corrected chi connectivity index (χ1v) is 6.87. The summed E-state index contributed by atoms with van der Waals surface area (Å²) in [7, 11) is 0. The van der Waals surface area contributed by atoms with Gasteiger partial charge in [0.2, 0.25) is 0 Å². The van der Waals surface area contributed by atoms with Crippen molar-refractivity contribution in [3.63, 3.8) is 0 Å². The number of carbonyl (C=O) groups excluding carboxylic acids is 1. The SMILES string of the molecule is C[C@@H]1CC=C2[C@H]1C[C@]1(O)C(=O)C[C@]2(C)[C@@]1(C)CO. The van der Waals surface area contributed by atoms with Crippen molar-refractivity contribution in [3.8, 4) is 0 Å². The molecule has 0 amide bonds. The summed E-state index contributed by atoms with van der Waals surface area (Å²) in [5.41, 5.74) is -1.14. The first-order chi connectivity index (χ1) is 8.30. The van der Waals surface area contributed by atoms with Crippen LogP contribution in [0.1, 0.15) is 40.0 Å². The zero-order valence-electron chi connectivity index (χ0n) is 11.4. The second-order valence-electron chi connectivity index (χ2n) is 6.97. The van der Waals surface area contributed by atoms with Crippen molar-refractivity contribution in [1.82, 2.24) is 0 Å². The predicted molar refractivity (Wildman–Crippen MR) is 67.8 cm³/mol. The van der Waals surface area contributed by atoms with Crippen molar-refractivity contribution >= 4 is 5.78 Å². The van der Waals surface area contributed by atoms with Crippen molar-refractivity contribution in [1.29, 1.82) is 0 Å². The standard InChI is InChI=1S/C15H22O3/c1-9-4-5-11-10(9)6-15(18)12(17)7-13(11,2)14(15,3)8-16/h5,9-10,16,18H,4,6-8H2,1-3H3/t9-,10+,13+,14-,15+/m1/s1. The van der Waals surface area contributed by atoms with Crippen LogP contribution in [-0.4, -0.2) is 28.2 Å². The van der Waals surface area contributed by atoms with E-state index in [0.29, 0.717) is 24.7 Å². The molecule has 2 saturated carbocycles. The van der Waals surface area contributed by atoms with Gasteiger partial charge in [-0.2, -0.15) is 0 Å². The van der Waals surface area contributed by atoms with Gasteiger partial charge in [0.05, 0.1) is 6.61 Å². The highest BCUT2D eigenvalue weighted by Crippen LogP contribution is 2.69. The minimum Gasteiger partial charge on any atom is -0.396 e. The summed E-state index contributed by atoms with van der Waals surface area (Å²) < 4.78 is 0. The average Bonchev–Trinajstić information content (AvgIpc) is 2.71. The molecule has 3 heteroatoms. The van der Waals surface area contributed by atoms with Crippen LogP contribution >= 0.6 is 0 Å². The third-order valence-electron chi connectivity index (χ3n) is 6.37. The average molecular weight is 250 g/mol. The molecule has 3 rings (SSSR count). The Morgan fingerprint density at radius 2 is 2.11 bits per heavy atom. The van der Waals surface area contributed by atoms with Crippen LogP contribution in [0.25, 0.3) is 0 Å². The van der Waals surface area contributed by atoms with Gasteiger partial charge < -0.3 is 10.2 Å². The molecule has 0 aliphatic heterocycles. The fourth-order valence-corrected chi connectivity index (χ4v) is 4.69. The lowest BCUT2D eigenvalue weighted by atomic mass is 9.51. The second kappa shape index (κ2) is 3.26. The summed E-state index contributed by atoms with van der Waals surface area (Å²) in [5.74, 6) is 0.732. The van der Waals surface area contributed by atoms with Gasteiger partial charge >= 0.3 is 0 Å². The molecule has 0 spiro atoms. The third-order valence-corrected chi connectivity index (χ3v) is 6.37. The van der Waals surface area contributed by atoms with E-state index in [0.717, 1.165) is 6.42 Å². The Morgan fingerprint density at radius 3 is 2.72 bits per heavy atom. The summed E-state index contributed by atoms with van der Waals surface area (Å²) >= 11 is 0. The van der Waals surface area contributed by atoms with Crippen LogP contribution in [0, 0.1) is 22.7 Å². The molecular weight excluding hydrogens is 228 g/mol. The van der Waals surface area contributed by atoms with Gasteiger partial charge in [0.1, 0.15) is 5.60 Å². The molecule has 2 fully saturated rings. The molecule has 2 bridgehead atoms. The number of Topliss-reactive ketones (excluding diaryl/α,β-unsaturated/α-hetero) is 1. The number of allylic oxidation sites excluding steroid dienone is 2. The molecule has 100 valence electrons. The van der Waals surface area contributed by atoms with Crippen LogP contribution in [0.2, 0.25) is 0 Å². The molecular formula is C15H22O3. The summed E-state index contributed by atoms with van der Waals surface area (Å²) in [5, 5.41) is 20.7. The van der Waals surface area contributed by atoms with Gasteiger partial charge in [-0.15, -0.1) is 0 Å². The molecule has 18 heavy (non-hydrogen) atoms. The smallest absolute Gasteiger partial charge is 0.165 e. The van der Waals surface area contributed by atoms with Gasteiger partial charge in [-0.25, -0.2) is 0 Å². The molecule has 5 atom stereocenters. The summed E-state index contributed by atoms with van der Waals surface area (Å²) in [4.78, 5) is 12.3. The Morgan fingerprint density at radius 1 is 1.44 bits per heavy atom. The predicted octanol–water partition coefficient (Wildman–Crippen LogP) is 1.68. The molecule has 3 nitrogen and oxygen atoms in total. The van der Waals surface area contributed by atoms with Gasteiger partial charge in [0, 0.05) is 17.3 Å². The van der Waals surface area contributed by atoms with Gasteiger partial charge in [0.15, 0.2) is 5.78 Å². The molecule has 3 aliphatic carbocycles. The Hall–Kier alpha value is -0.670. The number of fused-ring (bicyclic) bond motifs is 4.